The Balaban J connectivity index is 2.04. The van der Waals surface area contributed by atoms with E-state index in [2.05, 4.69) is 10.2 Å². The molecule has 0 amide bonds. The monoisotopic (exact) mass is 246 g/mol. The van der Waals surface area contributed by atoms with Gasteiger partial charge in [0.05, 0.1) is 18.8 Å². The van der Waals surface area contributed by atoms with E-state index in [1.54, 1.807) is 14.2 Å². The largest absolute Gasteiger partial charge is 0.380 e. The van der Waals surface area contributed by atoms with Gasteiger partial charge in [-0.3, -0.25) is 4.90 Å². The molecule has 0 bridgehead atoms. The van der Waals surface area contributed by atoms with Gasteiger partial charge in [0.15, 0.2) is 0 Å². The Morgan fingerprint density at radius 1 is 1.12 bits per heavy atom. The molecule has 0 saturated carbocycles. The highest BCUT2D eigenvalue weighted by atomic mass is 16.5. The van der Waals surface area contributed by atoms with Gasteiger partial charge in [-0.15, -0.1) is 0 Å². The molecule has 1 saturated heterocycles. The summed E-state index contributed by atoms with van der Waals surface area (Å²) in [4.78, 5) is 2.37. The third-order valence-corrected chi connectivity index (χ3v) is 3.13. The molecule has 1 aliphatic heterocycles. The fraction of sp³-hybridized carbons (Fsp3) is 1.00. The Hall–Kier alpha value is -0.200. The van der Waals surface area contributed by atoms with Crippen LogP contribution in [0.3, 0.4) is 0 Å². The summed E-state index contributed by atoms with van der Waals surface area (Å²) in [6.07, 6.45) is 0.423. The van der Waals surface area contributed by atoms with Gasteiger partial charge in [0.1, 0.15) is 0 Å². The highest BCUT2D eigenvalue weighted by molar-refractivity contribution is 4.85. The Morgan fingerprint density at radius 2 is 1.76 bits per heavy atom. The van der Waals surface area contributed by atoms with Gasteiger partial charge in [-0.25, -0.2) is 0 Å². The van der Waals surface area contributed by atoms with E-state index in [0.717, 1.165) is 45.9 Å². The molecule has 1 N–H and O–H groups in total. The Kier molecular flexibility index (Phi) is 7.72. The molecule has 2 unspecified atom stereocenters. The van der Waals surface area contributed by atoms with Gasteiger partial charge in [-0.1, -0.05) is 0 Å². The Bertz CT molecular complexity index is 181. The van der Waals surface area contributed by atoms with Crippen molar-refractivity contribution in [3.05, 3.63) is 0 Å². The lowest BCUT2D eigenvalue weighted by Crippen LogP contribution is -2.33. The van der Waals surface area contributed by atoms with Crippen LogP contribution in [0.4, 0.5) is 0 Å². The van der Waals surface area contributed by atoms with E-state index in [1.165, 1.54) is 0 Å². The third kappa shape index (κ3) is 5.31. The number of hydrogen-bond acceptors (Lipinski definition) is 5. The highest BCUT2D eigenvalue weighted by Crippen LogP contribution is 2.14. The average Bonchev–Trinajstić information content (AvgIpc) is 2.76. The summed E-state index contributed by atoms with van der Waals surface area (Å²) < 4.78 is 16.1. The van der Waals surface area contributed by atoms with Crippen molar-refractivity contribution in [2.24, 2.45) is 0 Å². The second-order valence-corrected chi connectivity index (χ2v) is 4.25. The van der Waals surface area contributed by atoms with Crippen molar-refractivity contribution in [1.82, 2.24) is 10.2 Å². The molecule has 5 heteroatoms. The normalized spacial score (nSPS) is 25.6. The molecule has 0 aromatic carbocycles. The van der Waals surface area contributed by atoms with Gasteiger partial charge >= 0.3 is 0 Å². The van der Waals surface area contributed by atoms with Crippen molar-refractivity contribution in [3.8, 4) is 0 Å². The molecule has 17 heavy (non-hydrogen) atoms. The SMILES string of the molecule is CCOCCNCCN1CC(OC)C(OC)C1. The number of ether oxygens (including phenoxy) is 3. The number of methoxy groups -OCH3 is 2. The van der Waals surface area contributed by atoms with Crippen LogP contribution in [0.15, 0.2) is 0 Å². The van der Waals surface area contributed by atoms with Gasteiger partial charge in [0.25, 0.3) is 0 Å². The lowest BCUT2D eigenvalue weighted by atomic mass is 10.3. The topological polar surface area (TPSA) is 43.0 Å². The first-order valence-corrected chi connectivity index (χ1v) is 6.38. The molecule has 5 nitrogen and oxygen atoms in total. The maximum Gasteiger partial charge on any atom is 0.0971 e. The minimum atomic E-state index is 0.212. The van der Waals surface area contributed by atoms with Crippen molar-refractivity contribution < 1.29 is 14.2 Å². The van der Waals surface area contributed by atoms with Crippen LogP contribution < -0.4 is 5.32 Å². The highest BCUT2D eigenvalue weighted by Gasteiger charge is 2.32. The van der Waals surface area contributed by atoms with Crippen molar-refractivity contribution in [2.45, 2.75) is 19.1 Å². The van der Waals surface area contributed by atoms with E-state index >= 15 is 0 Å². The van der Waals surface area contributed by atoms with E-state index < -0.39 is 0 Å². The summed E-state index contributed by atoms with van der Waals surface area (Å²) in [5.74, 6) is 0. The molecule has 1 fully saturated rings. The van der Waals surface area contributed by atoms with E-state index in [-0.39, 0.29) is 12.2 Å². The van der Waals surface area contributed by atoms with Gasteiger partial charge in [-0.05, 0) is 6.92 Å². The molecular weight excluding hydrogens is 220 g/mol. The van der Waals surface area contributed by atoms with Crippen LogP contribution in [-0.2, 0) is 14.2 Å². The zero-order chi connectivity index (χ0) is 12.5. The first-order valence-electron chi connectivity index (χ1n) is 6.38. The first-order chi connectivity index (χ1) is 8.31. The fourth-order valence-electron chi connectivity index (χ4n) is 2.10. The van der Waals surface area contributed by atoms with E-state index in [0.29, 0.717) is 0 Å². The second-order valence-electron chi connectivity index (χ2n) is 4.25. The fourth-order valence-corrected chi connectivity index (χ4v) is 2.10. The summed E-state index contributed by atoms with van der Waals surface area (Å²) >= 11 is 0. The summed E-state index contributed by atoms with van der Waals surface area (Å²) in [6, 6.07) is 0. The lowest BCUT2D eigenvalue weighted by molar-refractivity contribution is -0.00461. The molecule has 0 spiro atoms. The van der Waals surface area contributed by atoms with E-state index in [1.807, 2.05) is 6.92 Å². The predicted molar refractivity (Wildman–Crippen MR) is 67.4 cm³/mol. The van der Waals surface area contributed by atoms with Gasteiger partial charge in [0.2, 0.25) is 0 Å². The number of nitrogens with one attached hydrogen (secondary N) is 1. The number of hydrogen-bond donors (Lipinski definition) is 1. The maximum atomic E-state index is 5.40. The molecule has 1 aliphatic rings. The number of rotatable bonds is 9. The quantitative estimate of drug-likeness (QED) is 0.578. The van der Waals surface area contributed by atoms with Crippen LogP contribution in [0.25, 0.3) is 0 Å². The summed E-state index contributed by atoms with van der Waals surface area (Å²) in [5.41, 5.74) is 0. The van der Waals surface area contributed by atoms with Crippen molar-refractivity contribution in [3.63, 3.8) is 0 Å². The van der Waals surface area contributed by atoms with Crippen LogP contribution >= 0.6 is 0 Å². The first kappa shape index (κ1) is 14.9. The summed E-state index contributed by atoms with van der Waals surface area (Å²) in [6.45, 7) is 8.45. The number of nitrogens with zero attached hydrogens (tertiary/aromatic N) is 1. The van der Waals surface area contributed by atoms with Crippen LogP contribution in [-0.4, -0.2) is 77.3 Å². The Labute approximate surface area is 104 Å². The smallest absolute Gasteiger partial charge is 0.0971 e. The third-order valence-electron chi connectivity index (χ3n) is 3.13. The molecule has 0 aliphatic carbocycles. The number of likely N-dealkylation sites (tertiary alicyclic amines) is 1. The molecule has 2 atom stereocenters. The lowest BCUT2D eigenvalue weighted by Gasteiger charge is -2.15. The molecule has 1 rings (SSSR count). The Morgan fingerprint density at radius 3 is 2.29 bits per heavy atom. The van der Waals surface area contributed by atoms with E-state index in [9.17, 15) is 0 Å². The minimum Gasteiger partial charge on any atom is -0.380 e. The zero-order valence-electron chi connectivity index (χ0n) is 11.3. The predicted octanol–water partition coefficient (Wildman–Crippen LogP) is -0.0419. The molecule has 102 valence electrons. The minimum absolute atomic E-state index is 0.212. The van der Waals surface area contributed by atoms with Crippen molar-refractivity contribution in [2.75, 3.05) is 60.2 Å². The van der Waals surface area contributed by atoms with Crippen LogP contribution in [0, 0.1) is 0 Å². The summed E-state index contributed by atoms with van der Waals surface area (Å²) in [5, 5.41) is 3.36. The molecule has 0 aromatic rings. The van der Waals surface area contributed by atoms with Crippen molar-refractivity contribution in [1.29, 1.82) is 0 Å². The van der Waals surface area contributed by atoms with Gasteiger partial charge < -0.3 is 19.5 Å². The molecule has 0 aromatic heterocycles. The van der Waals surface area contributed by atoms with E-state index in [4.69, 9.17) is 14.2 Å². The second kappa shape index (κ2) is 8.83. The van der Waals surface area contributed by atoms with Gasteiger partial charge in [-0.2, -0.15) is 0 Å². The molecular formula is C12H26N2O3. The zero-order valence-corrected chi connectivity index (χ0v) is 11.3. The molecule has 0 radical (unpaired) electrons. The average molecular weight is 246 g/mol. The summed E-state index contributed by atoms with van der Waals surface area (Å²) in [7, 11) is 3.50. The van der Waals surface area contributed by atoms with Gasteiger partial charge in [0, 0.05) is 53.6 Å². The molecule has 1 heterocycles. The maximum absolute atomic E-state index is 5.40. The van der Waals surface area contributed by atoms with Crippen LogP contribution in [0.1, 0.15) is 6.92 Å². The van der Waals surface area contributed by atoms with Crippen LogP contribution in [0.5, 0.6) is 0 Å². The van der Waals surface area contributed by atoms with Crippen molar-refractivity contribution >= 4 is 0 Å². The standard InChI is InChI=1S/C12H26N2O3/c1-4-17-8-6-13-5-7-14-9-11(15-2)12(10-14)16-3/h11-13H,4-10H2,1-3H3. The van der Waals surface area contributed by atoms with Crippen LogP contribution in [0.2, 0.25) is 0 Å².